The molecule has 0 unspecified atom stereocenters. The molecule has 0 fully saturated rings. The standard InChI is InChI=1S/C26H27F3N6O/c27-26(28,29)18-31-14-15-32-23-11-10-22(17-34-23)35-25(36)24(21-4-2-1-3-5-21)33-13-12-19-6-8-20(16-30)9-7-19/h1-11,17,24,31,33H,12-15,18H2,(H,32,34)(H,35,36)/t24-/m0/s1. The van der Waals surface area contributed by atoms with Gasteiger partial charge in [0, 0.05) is 19.6 Å². The summed E-state index contributed by atoms with van der Waals surface area (Å²) in [6.45, 7) is -0.0971. The van der Waals surface area contributed by atoms with Crippen molar-refractivity contribution < 1.29 is 18.0 Å². The molecule has 4 N–H and O–H groups in total. The quantitative estimate of drug-likeness (QED) is 0.283. The highest BCUT2D eigenvalue weighted by Gasteiger charge is 2.25. The molecule has 36 heavy (non-hydrogen) atoms. The fraction of sp³-hybridized carbons (Fsp3) is 0.269. The summed E-state index contributed by atoms with van der Waals surface area (Å²) in [6.07, 6.45) is -2.07. The van der Waals surface area contributed by atoms with Gasteiger partial charge < -0.3 is 21.3 Å². The van der Waals surface area contributed by atoms with Crippen LogP contribution in [0.5, 0.6) is 0 Å². The highest BCUT2D eigenvalue weighted by atomic mass is 19.4. The molecule has 0 spiro atoms. The average Bonchev–Trinajstić information content (AvgIpc) is 2.87. The summed E-state index contributed by atoms with van der Waals surface area (Å²) in [4.78, 5) is 17.3. The van der Waals surface area contributed by atoms with Gasteiger partial charge in [-0.2, -0.15) is 18.4 Å². The first kappa shape index (κ1) is 26.7. The van der Waals surface area contributed by atoms with Gasteiger partial charge in [0.2, 0.25) is 5.91 Å². The molecule has 3 rings (SSSR count). The van der Waals surface area contributed by atoms with E-state index in [1.54, 1.807) is 24.3 Å². The third-order valence-corrected chi connectivity index (χ3v) is 5.20. The maximum absolute atomic E-state index is 13.1. The topological polar surface area (TPSA) is 102 Å². The molecular weight excluding hydrogens is 469 g/mol. The molecule has 0 radical (unpaired) electrons. The Morgan fingerprint density at radius 3 is 2.36 bits per heavy atom. The highest BCUT2D eigenvalue weighted by Crippen LogP contribution is 2.17. The van der Waals surface area contributed by atoms with Crippen molar-refractivity contribution in [2.75, 3.05) is 36.8 Å². The minimum atomic E-state index is -4.24. The van der Waals surface area contributed by atoms with Crippen molar-refractivity contribution >= 4 is 17.4 Å². The number of aromatic nitrogens is 1. The van der Waals surface area contributed by atoms with Crippen molar-refractivity contribution in [2.45, 2.75) is 18.6 Å². The van der Waals surface area contributed by atoms with Gasteiger partial charge in [-0.15, -0.1) is 0 Å². The monoisotopic (exact) mass is 496 g/mol. The van der Waals surface area contributed by atoms with E-state index in [0.29, 0.717) is 30.0 Å². The first-order valence-electron chi connectivity index (χ1n) is 11.4. The number of hydrogen-bond acceptors (Lipinski definition) is 6. The first-order valence-corrected chi connectivity index (χ1v) is 11.4. The average molecular weight is 497 g/mol. The lowest BCUT2D eigenvalue weighted by atomic mass is 10.0. The molecular formula is C26H27F3N6O. The minimum absolute atomic E-state index is 0.132. The third kappa shape index (κ3) is 9.02. The predicted molar refractivity (Wildman–Crippen MR) is 132 cm³/mol. The van der Waals surface area contributed by atoms with Crippen LogP contribution in [-0.2, 0) is 11.2 Å². The lowest BCUT2D eigenvalue weighted by Crippen LogP contribution is -2.34. The number of nitrogens with one attached hydrogen (secondary N) is 4. The molecule has 0 saturated heterocycles. The maximum atomic E-state index is 13.1. The van der Waals surface area contributed by atoms with Crippen LogP contribution in [0.1, 0.15) is 22.7 Å². The zero-order chi connectivity index (χ0) is 25.8. The number of amides is 1. The predicted octanol–water partition coefficient (Wildman–Crippen LogP) is 4.03. The van der Waals surface area contributed by atoms with Gasteiger partial charge in [0.15, 0.2) is 0 Å². The van der Waals surface area contributed by atoms with Crippen molar-refractivity contribution in [1.82, 2.24) is 15.6 Å². The number of rotatable bonds is 12. The fourth-order valence-electron chi connectivity index (χ4n) is 3.41. The number of carbonyl (C=O) groups is 1. The van der Waals surface area contributed by atoms with Crippen molar-refractivity contribution in [3.8, 4) is 6.07 Å². The van der Waals surface area contributed by atoms with Gasteiger partial charge >= 0.3 is 6.18 Å². The Morgan fingerprint density at radius 2 is 1.72 bits per heavy atom. The normalized spacial score (nSPS) is 11.9. The summed E-state index contributed by atoms with van der Waals surface area (Å²) < 4.78 is 36.4. The van der Waals surface area contributed by atoms with Gasteiger partial charge in [-0.05, 0) is 41.8 Å². The summed E-state index contributed by atoms with van der Waals surface area (Å²) >= 11 is 0. The molecule has 0 saturated carbocycles. The Hall–Kier alpha value is -3.94. The van der Waals surface area contributed by atoms with Crippen molar-refractivity contribution in [2.24, 2.45) is 0 Å². The summed E-state index contributed by atoms with van der Waals surface area (Å²) in [6, 6.07) is 21.5. The van der Waals surface area contributed by atoms with E-state index in [0.717, 1.165) is 11.1 Å². The number of carbonyl (C=O) groups excluding carboxylic acids is 1. The third-order valence-electron chi connectivity index (χ3n) is 5.20. The number of hydrogen-bond donors (Lipinski definition) is 4. The SMILES string of the molecule is N#Cc1ccc(CCN[C@H](C(=O)Nc2ccc(NCCNCC(F)(F)F)nc2)c2ccccc2)cc1. The number of nitriles is 1. The molecule has 2 aromatic carbocycles. The summed E-state index contributed by atoms with van der Waals surface area (Å²) in [5.74, 6) is 0.238. The van der Waals surface area contributed by atoms with E-state index >= 15 is 0 Å². The molecule has 1 amide bonds. The lowest BCUT2D eigenvalue weighted by molar-refractivity contribution is -0.124. The van der Waals surface area contributed by atoms with E-state index in [-0.39, 0.29) is 19.0 Å². The van der Waals surface area contributed by atoms with Crippen LogP contribution in [0.2, 0.25) is 0 Å². The molecule has 0 bridgehead atoms. The molecule has 10 heteroatoms. The van der Waals surface area contributed by atoms with Crippen molar-refractivity contribution in [3.05, 3.63) is 89.6 Å². The highest BCUT2D eigenvalue weighted by molar-refractivity contribution is 5.95. The Bertz CT molecular complexity index is 1130. The van der Waals surface area contributed by atoms with Gasteiger partial charge in [0.1, 0.15) is 11.9 Å². The molecule has 1 heterocycles. The summed E-state index contributed by atoms with van der Waals surface area (Å²) in [5, 5.41) is 20.3. The lowest BCUT2D eigenvalue weighted by Gasteiger charge is -2.19. The smallest absolute Gasteiger partial charge is 0.369 e. The van der Waals surface area contributed by atoms with Crippen molar-refractivity contribution in [3.63, 3.8) is 0 Å². The molecule has 0 aliphatic rings. The van der Waals surface area contributed by atoms with Crippen LogP contribution in [0.4, 0.5) is 24.7 Å². The molecule has 188 valence electrons. The van der Waals surface area contributed by atoms with Crippen LogP contribution < -0.4 is 21.3 Å². The summed E-state index contributed by atoms with van der Waals surface area (Å²) in [7, 11) is 0. The largest absolute Gasteiger partial charge is 0.401 e. The second-order valence-electron chi connectivity index (χ2n) is 8.00. The van der Waals surface area contributed by atoms with Gasteiger partial charge in [0.05, 0.1) is 30.1 Å². The number of alkyl halides is 3. The molecule has 7 nitrogen and oxygen atoms in total. The second-order valence-corrected chi connectivity index (χ2v) is 8.00. The minimum Gasteiger partial charge on any atom is -0.369 e. The van der Waals surface area contributed by atoms with Crippen LogP contribution in [0, 0.1) is 11.3 Å². The van der Waals surface area contributed by atoms with E-state index in [1.807, 2.05) is 42.5 Å². The second kappa shape index (κ2) is 13.2. The van der Waals surface area contributed by atoms with E-state index in [2.05, 4.69) is 32.3 Å². The number of benzene rings is 2. The Kier molecular flexibility index (Phi) is 9.80. The Morgan fingerprint density at radius 1 is 0.972 bits per heavy atom. The molecule has 0 aliphatic heterocycles. The fourth-order valence-corrected chi connectivity index (χ4v) is 3.41. The summed E-state index contributed by atoms with van der Waals surface area (Å²) in [5.41, 5.74) is 2.96. The zero-order valence-corrected chi connectivity index (χ0v) is 19.5. The van der Waals surface area contributed by atoms with Crippen molar-refractivity contribution in [1.29, 1.82) is 5.26 Å². The van der Waals surface area contributed by atoms with E-state index in [9.17, 15) is 18.0 Å². The number of halogens is 3. The van der Waals surface area contributed by atoms with Crippen LogP contribution in [0.3, 0.4) is 0 Å². The molecule has 3 aromatic rings. The van der Waals surface area contributed by atoms with Gasteiger partial charge in [0.25, 0.3) is 0 Å². The first-order chi connectivity index (χ1) is 17.3. The van der Waals surface area contributed by atoms with E-state index in [1.165, 1.54) is 6.20 Å². The van der Waals surface area contributed by atoms with Gasteiger partial charge in [-0.3, -0.25) is 4.79 Å². The van der Waals surface area contributed by atoms with Crippen LogP contribution in [0.15, 0.2) is 72.9 Å². The molecule has 1 aromatic heterocycles. The molecule has 0 aliphatic carbocycles. The van der Waals surface area contributed by atoms with E-state index in [4.69, 9.17) is 5.26 Å². The van der Waals surface area contributed by atoms with Crippen LogP contribution in [0.25, 0.3) is 0 Å². The number of pyridine rings is 1. The number of anilines is 2. The number of nitrogens with zero attached hydrogens (tertiary/aromatic N) is 2. The van der Waals surface area contributed by atoms with Crippen LogP contribution >= 0.6 is 0 Å². The Labute approximate surface area is 207 Å². The van der Waals surface area contributed by atoms with Crippen LogP contribution in [-0.4, -0.2) is 43.2 Å². The van der Waals surface area contributed by atoms with Gasteiger partial charge in [-0.25, -0.2) is 4.98 Å². The zero-order valence-electron chi connectivity index (χ0n) is 19.5. The van der Waals surface area contributed by atoms with Gasteiger partial charge in [-0.1, -0.05) is 42.5 Å². The maximum Gasteiger partial charge on any atom is 0.401 e. The van der Waals surface area contributed by atoms with E-state index < -0.39 is 18.8 Å². The Balaban J connectivity index is 1.53. The molecule has 1 atom stereocenters.